The molecule has 4 fully saturated rings. The standard InChI is InChI=1S/C21H27N5OS/c1-13-4-2-3-5-17(13)19-24-25-20(26(19)22)28-12-18(27)23-21-9-14-6-15(10-21)8-16(7-14)11-21/h2-5,14-16H,6-12,22H2,1H3,(H,23,27). The van der Waals surface area contributed by atoms with Crippen molar-refractivity contribution in [3.05, 3.63) is 29.8 Å². The number of thioether (sulfide) groups is 1. The highest BCUT2D eigenvalue weighted by Crippen LogP contribution is 2.55. The van der Waals surface area contributed by atoms with Crippen molar-refractivity contribution < 1.29 is 4.79 Å². The highest BCUT2D eigenvalue weighted by molar-refractivity contribution is 7.99. The SMILES string of the molecule is Cc1ccccc1-c1nnc(SCC(=O)NC23CC4CC(CC(C4)C2)C3)n1N. The topological polar surface area (TPSA) is 85.8 Å². The number of hydrogen-bond donors (Lipinski definition) is 2. The van der Waals surface area contributed by atoms with E-state index in [4.69, 9.17) is 5.84 Å². The van der Waals surface area contributed by atoms with Crippen LogP contribution in [0.1, 0.15) is 44.1 Å². The van der Waals surface area contributed by atoms with Crippen LogP contribution < -0.4 is 11.2 Å². The van der Waals surface area contributed by atoms with Crippen molar-refractivity contribution in [2.24, 2.45) is 17.8 Å². The summed E-state index contributed by atoms with van der Waals surface area (Å²) >= 11 is 1.36. The van der Waals surface area contributed by atoms with Gasteiger partial charge in [0, 0.05) is 11.1 Å². The molecule has 4 bridgehead atoms. The molecule has 1 aromatic heterocycles. The number of nitrogens with zero attached hydrogens (tertiary/aromatic N) is 3. The maximum Gasteiger partial charge on any atom is 0.230 e. The molecule has 0 unspecified atom stereocenters. The first kappa shape index (κ1) is 18.0. The summed E-state index contributed by atoms with van der Waals surface area (Å²) in [6.07, 6.45) is 7.63. The van der Waals surface area contributed by atoms with E-state index < -0.39 is 0 Å². The summed E-state index contributed by atoms with van der Waals surface area (Å²) < 4.78 is 1.49. The van der Waals surface area contributed by atoms with E-state index in [2.05, 4.69) is 15.5 Å². The fraction of sp³-hybridized carbons (Fsp3) is 0.571. The highest BCUT2D eigenvalue weighted by atomic mass is 32.2. The number of rotatable bonds is 5. The maximum atomic E-state index is 12.7. The Hall–Kier alpha value is -2.02. The van der Waals surface area contributed by atoms with Crippen LogP contribution in [0.25, 0.3) is 11.4 Å². The molecule has 0 spiro atoms. The molecule has 0 radical (unpaired) electrons. The van der Waals surface area contributed by atoms with E-state index in [1.54, 1.807) is 0 Å². The van der Waals surface area contributed by atoms with E-state index >= 15 is 0 Å². The molecule has 28 heavy (non-hydrogen) atoms. The van der Waals surface area contributed by atoms with Crippen molar-refractivity contribution in [1.29, 1.82) is 0 Å². The highest BCUT2D eigenvalue weighted by Gasteiger charge is 2.51. The quantitative estimate of drug-likeness (QED) is 0.598. The Morgan fingerprint density at radius 3 is 2.46 bits per heavy atom. The van der Waals surface area contributed by atoms with Crippen LogP contribution in [0, 0.1) is 24.7 Å². The lowest BCUT2D eigenvalue weighted by Gasteiger charge is -2.56. The van der Waals surface area contributed by atoms with E-state index in [1.807, 2.05) is 31.2 Å². The zero-order valence-electron chi connectivity index (χ0n) is 16.2. The molecule has 1 amide bonds. The first-order valence-electron chi connectivity index (χ1n) is 10.2. The van der Waals surface area contributed by atoms with Crippen molar-refractivity contribution in [3.8, 4) is 11.4 Å². The van der Waals surface area contributed by atoms with E-state index in [-0.39, 0.29) is 11.4 Å². The van der Waals surface area contributed by atoms with Crippen LogP contribution in [0.2, 0.25) is 0 Å². The molecule has 2 aromatic rings. The number of amides is 1. The van der Waals surface area contributed by atoms with Crippen LogP contribution >= 0.6 is 11.8 Å². The largest absolute Gasteiger partial charge is 0.350 e. The Labute approximate surface area is 169 Å². The second kappa shape index (κ2) is 6.79. The van der Waals surface area contributed by atoms with Gasteiger partial charge in [-0.2, -0.15) is 0 Å². The van der Waals surface area contributed by atoms with Crippen LogP contribution in [0.3, 0.4) is 0 Å². The minimum atomic E-state index is 0.0507. The van der Waals surface area contributed by atoms with Gasteiger partial charge in [-0.1, -0.05) is 36.0 Å². The number of nitrogen functional groups attached to an aromatic ring is 1. The first-order valence-corrected chi connectivity index (χ1v) is 11.2. The van der Waals surface area contributed by atoms with Crippen LogP contribution in [-0.2, 0) is 4.79 Å². The van der Waals surface area contributed by atoms with Crippen molar-refractivity contribution in [3.63, 3.8) is 0 Å². The van der Waals surface area contributed by atoms with E-state index in [0.29, 0.717) is 16.7 Å². The van der Waals surface area contributed by atoms with E-state index in [1.165, 1.54) is 55.0 Å². The zero-order chi connectivity index (χ0) is 19.3. The molecular formula is C21H27N5OS. The summed E-state index contributed by atoms with van der Waals surface area (Å²) in [7, 11) is 0. The Kier molecular flexibility index (Phi) is 4.38. The minimum absolute atomic E-state index is 0.0507. The molecule has 0 saturated heterocycles. The van der Waals surface area contributed by atoms with Gasteiger partial charge in [0.05, 0.1) is 5.75 Å². The van der Waals surface area contributed by atoms with Crippen molar-refractivity contribution >= 4 is 17.7 Å². The molecule has 6 nitrogen and oxygen atoms in total. The number of carbonyl (C=O) groups is 1. The van der Waals surface area contributed by atoms with E-state index in [9.17, 15) is 4.79 Å². The molecule has 4 aliphatic rings. The third-order valence-corrected chi connectivity index (χ3v) is 7.77. The summed E-state index contributed by atoms with van der Waals surface area (Å²) in [5.41, 5.74) is 2.11. The lowest BCUT2D eigenvalue weighted by molar-refractivity contribution is -0.124. The molecule has 7 heteroatoms. The average Bonchev–Trinajstić information content (AvgIpc) is 2.99. The summed E-state index contributed by atoms with van der Waals surface area (Å²) in [5.74, 6) is 9.73. The Morgan fingerprint density at radius 2 is 1.82 bits per heavy atom. The molecule has 4 saturated carbocycles. The summed E-state index contributed by atoms with van der Waals surface area (Å²) in [6, 6.07) is 7.95. The lowest BCUT2D eigenvalue weighted by Crippen LogP contribution is -2.60. The molecule has 1 heterocycles. The fourth-order valence-electron chi connectivity index (χ4n) is 6.11. The Bertz CT molecular complexity index is 873. The van der Waals surface area contributed by atoms with Crippen LogP contribution in [0.15, 0.2) is 29.4 Å². The van der Waals surface area contributed by atoms with Gasteiger partial charge in [-0.05, 0) is 68.8 Å². The molecule has 148 valence electrons. The van der Waals surface area contributed by atoms with Gasteiger partial charge in [0.15, 0.2) is 5.82 Å². The first-order chi connectivity index (χ1) is 13.5. The Morgan fingerprint density at radius 1 is 1.18 bits per heavy atom. The molecule has 0 aliphatic heterocycles. The molecule has 0 atom stereocenters. The van der Waals surface area contributed by atoms with Crippen molar-refractivity contribution in [2.75, 3.05) is 11.6 Å². The number of nitrogens with two attached hydrogens (primary N) is 1. The second-order valence-corrected chi connectivity index (χ2v) is 9.97. The van der Waals surface area contributed by atoms with Gasteiger partial charge in [0.25, 0.3) is 0 Å². The third-order valence-electron chi connectivity index (χ3n) is 6.83. The molecule has 4 aliphatic carbocycles. The number of aryl methyl sites for hydroxylation is 1. The zero-order valence-corrected chi connectivity index (χ0v) is 17.0. The summed E-state index contributed by atoms with van der Waals surface area (Å²) in [6.45, 7) is 2.02. The molecule has 3 N–H and O–H groups in total. The third kappa shape index (κ3) is 3.19. The smallest absolute Gasteiger partial charge is 0.230 e. The normalized spacial score (nSPS) is 30.5. The van der Waals surface area contributed by atoms with Gasteiger partial charge in [-0.15, -0.1) is 10.2 Å². The second-order valence-electron chi connectivity index (χ2n) is 9.03. The lowest BCUT2D eigenvalue weighted by atomic mass is 9.53. The summed E-state index contributed by atoms with van der Waals surface area (Å²) in [5, 5.41) is 12.4. The number of aromatic nitrogens is 3. The van der Waals surface area contributed by atoms with Gasteiger partial charge >= 0.3 is 0 Å². The minimum Gasteiger partial charge on any atom is -0.350 e. The monoisotopic (exact) mass is 397 g/mol. The van der Waals surface area contributed by atoms with Gasteiger partial charge in [-0.3, -0.25) is 4.79 Å². The van der Waals surface area contributed by atoms with Crippen LogP contribution in [0.4, 0.5) is 0 Å². The number of hydrogen-bond acceptors (Lipinski definition) is 5. The van der Waals surface area contributed by atoms with Crippen molar-refractivity contribution in [2.45, 2.75) is 56.1 Å². The van der Waals surface area contributed by atoms with Gasteiger partial charge in [0.2, 0.25) is 11.1 Å². The van der Waals surface area contributed by atoms with Gasteiger partial charge in [-0.25, -0.2) is 4.68 Å². The molecule has 1 aromatic carbocycles. The van der Waals surface area contributed by atoms with Gasteiger partial charge in [0.1, 0.15) is 0 Å². The van der Waals surface area contributed by atoms with Crippen LogP contribution in [0.5, 0.6) is 0 Å². The predicted molar refractivity (Wildman–Crippen MR) is 110 cm³/mol. The maximum absolute atomic E-state index is 12.7. The fourth-order valence-corrected chi connectivity index (χ4v) is 6.77. The molecular weight excluding hydrogens is 370 g/mol. The van der Waals surface area contributed by atoms with E-state index in [0.717, 1.165) is 28.9 Å². The number of benzene rings is 1. The predicted octanol–water partition coefficient (Wildman–Crippen LogP) is 3.14. The van der Waals surface area contributed by atoms with Crippen molar-refractivity contribution in [1.82, 2.24) is 20.2 Å². The average molecular weight is 398 g/mol. The Balaban J connectivity index is 1.24. The molecule has 6 rings (SSSR count). The summed E-state index contributed by atoms with van der Waals surface area (Å²) in [4.78, 5) is 12.7. The van der Waals surface area contributed by atoms with Crippen LogP contribution in [-0.4, -0.2) is 32.1 Å². The number of carbonyl (C=O) groups excluding carboxylic acids is 1. The number of nitrogens with one attached hydrogen (secondary N) is 1. The van der Waals surface area contributed by atoms with Gasteiger partial charge < -0.3 is 11.2 Å².